The lowest BCUT2D eigenvalue weighted by Gasteiger charge is -2.13. The lowest BCUT2D eigenvalue weighted by Crippen LogP contribution is -1.99. The summed E-state index contributed by atoms with van der Waals surface area (Å²) in [5, 5.41) is 9.27. The second kappa shape index (κ2) is 8.55. The smallest absolute Gasteiger partial charge is 0.185 e. The highest BCUT2D eigenvalue weighted by molar-refractivity contribution is 9.10. The van der Waals surface area contributed by atoms with Crippen molar-refractivity contribution in [1.82, 2.24) is 0 Å². The molecule has 126 valence electrons. The van der Waals surface area contributed by atoms with Crippen LogP contribution in [0.3, 0.4) is 0 Å². The van der Waals surface area contributed by atoms with Crippen LogP contribution in [0.4, 0.5) is 0 Å². The Morgan fingerprint density at radius 3 is 2.42 bits per heavy atom. The van der Waals surface area contributed by atoms with Crippen molar-refractivity contribution < 1.29 is 19.4 Å². The van der Waals surface area contributed by atoms with Crippen LogP contribution in [-0.2, 0) is 0 Å². The SMILES string of the molecule is CCOc1cc(/C=C/C(=O)c2ccc(O)cc2)cc(Br)c1OCC. The Hall–Kier alpha value is -2.27. The quantitative estimate of drug-likeness (QED) is 0.542. The van der Waals surface area contributed by atoms with E-state index in [0.717, 1.165) is 10.0 Å². The first kappa shape index (κ1) is 18.1. The van der Waals surface area contributed by atoms with Gasteiger partial charge in [0.25, 0.3) is 0 Å². The van der Waals surface area contributed by atoms with Crippen molar-refractivity contribution in [3.05, 3.63) is 58.1 Å². The molecule has 5 heteroatoms. The molecule has 1 N–H and O–H groups in total. The Labute approximate surface area is 149 Å². The van der Waals surface area contributed by atoms with Gasteiger partial charge >= 0.3 is 0 Å². The molecule has 0 atom stereocenters. The number of allylic oxidation sites excluding steroid dienone is 1. The zero-order chi connectivity index (χ0) is 17.5. The molecule has 4 nitrogen and oxygen atoms in total. The Balaban J connectivity index is 2.25. The average Bonchev–Trinajstić information content (AvgIpc) is 2.56. The number of carbonyl (C=O) groups excluding carboxylic acids is 1. The summed E-state index contributed by atoms with van der Waals surface area (Å²) >= 11 is 3.48. The molecular formula is C19H19BrO4. The zero-order valence-corrected chi connectivity index (χ0v) is 15.2. The maximum absolute atomic E-state index is 12.2. The highest BCUT2D eigenvalue weighted by Gasteiger charge is 2.11. The fraction of sp³-hybridized carbons (Fsp3) is 0.211. The van der Waals surface area contributed by atoms with Crippen LogP contribution in [0.25, 0.3) is 6.08 Å². The van der Waals surface area contributed by atoms with Gasteiger partial charge in [-0.15, -0.1) is 0 Å². The number of ketones is 1. The molecule has 0 aliphatic rings. The van der Waals surface area contributed by atoms with Gasteiger partial charge in [-0.05, 0) is 77.8 Å². The number of rotatable bonds is 7. The first-order chi connectivity index (χ1) is 11.5. The molecule has 0 saturated carbocycles. The van der Waals surface area contributed by atoms with Crippen molar-refractivity contribution in [3.63, 3.8) is 0 Å². The Morgan fingerprint density at radius 2 is 1.79 bits per heavy atom. The summed E-state index contributed by atoms with van der Waals surface area (Å²) in [6.45, 7) is 4.87. The fourth-order valence-corrected chi connectivity index (χ4v) is 2.70. The van der Waals surface area contributed by atoms with Gasteiger partial charge in [0.1, 0.15) is 5.75 Å². The van der Waals surface area contributed by atoms with Crippen LogP contribution >= 0.6 is 15.9 Å². The molecular weight excluding hydrogens is 372 g/mol. The van der Waals surface area contributed by atoms with Crippen molar-refractivity contribution in [3.8, 4) is 17.2 Å². The number of hydrogen-bond donors (Lipinski definition) is 1. The molecule has 0 aliphatic carbocycles. The standard InChI is InChI=1S/C19H19BrO4/c1-3-23-18-12-13(11-16(20)19(18)24-4-2)5-10-17(22)14-6-8-15(21)9-7-14/h5-12,21H,3-4H2,1-2H3/b10-5+. The predicted molar refractivity (Wildman–Crippen MR) is 98.0 cm³/mol. The van der Waals surface area contributed by atoms with Gasteiger partial charge in [0.05, 0.1) is 17.7 Å². The molecule has 2 aromatic rings. The maximum Gasteiger partial charge on any atom is 0.185 e. The van der Waals surface area contributed by atoms with Crippen LogP contribution in [-0.4, -0.2) is 24.1 Å². The maximum atomic E-state index is 12.2. The summed E-state index contributed by atoms with van der Waals surface area (Å²) in [5.74, 6) is 1.28. The van der Waals surface area contributed by atoms with E-state index in [9.17, 15) is 9.90 Å². The van der Waals surface area contributed by atoms with Crippen LogP contribution in [0.5, 0.6) is 17.2 Å². The highest BCUT2D eigenvalue weighted by atomic mass is 79.9. The van der Waals surface area contributed by atoms with E-state index in [1.165, 1.54) is 18.2 Å². The minimum Gasteiger partial charge on any atom is -0.508 e. The van der Waals surface area contributed by atoms with Gasteiger partial charge in [-0.2, -0.15) is 0 Å². The largest absolute Gasteiger partial charge is 0.508 e. The van der Waals surface area contributed by atoms with Crippen molar-refractivity contribution in [2.75, 3.05) is 13.2 Å². The van der Waals surface area contributed by atoms with Crippen LogP contribution in [0.15, 0.2) is 46.9 Å². The summed E-state index contributed by atoms with van der Waals surface area (Å²) in [6, 6.07) is 9.85. The summed E-state index contributed by atoms with van der Waals surface area (Å²) < 4.78 is 12.0. The van der Waals surface area contributed by atoms with Crippen LogP contribution in [0, 0.1) is 0 Å². The zero-order valence-electron chi connectivity index (χ0n) is 13.6. The number of hydrogen-bond acceptors (Lipinski definition) is 4. The normalized spacial score (nSPS) is 10.8. The Bertz CT molecular complexity index is 736. The summed E-state index contributed by atoms with van der Waals surface area (Å²) in [6.07, 6.45) is 3.21. The third kappa shape index (κ3) is 4.61. The van der Waals surface area contributed by atoms with E-state index in [4.69, 9.17) is 9.47 Å². The molecule has 2 aromatic carbocycles. The number of phenols is 1. The highest BCUT2D eigenvalue weighted by Crippen LogP contribution is 2.37. The molecule has 0 aliphatic heterocycles. The minimum absolute atomic E-state index is 0.132. The van der Waals surface area contributed by atoms with Gasteiger partial charge in [-0.3, -0.25) is 4.79 Å². The first-order valence-corrected chi connectivity index (χ1v) is 8.45. The van der Waals surface area contributed by atoms with Crippen LogP contribution in [0.1, 0.15) is 29.8 Å². The van der Waals surface area contributed by atoms with Crippen LogP contribution < -0.4 is 9.47 Å². The average molecular weight is 391 g/mol. The monoisotopic (exact) mass is 390 g/mol. The van der Waals surface area contributed by atoms with E-state index < -0.39 is 0 Å². The lowest BCUT2D eigenvalue weighted by molar-refractivity contribution is 0.104. The molecule has 0 fully saturated rings. The Kier molecular flexibility index (Phi) is 6.44. The van der Waals surface area contributed by atoms with E-state index in [2.05, 4.69) is 15.9 Å². The number of phenolic OH excluding ortho intramolecular Hbond substituents is 1. The number of carbonyl (C=O) groups is 1. The number of benzene rings is 2. The lowest BCUT2D eigenvalue weighted by atomic mass is 10.1. The molecule has 0 heterocycles. The van der Waals surface area contributed by atoms with E-state index in [1.54, 1.807) is 18.2 Å². The summed E-state index contributed by atoms with van der Waals surface area (Å²) in [4.78, 5) is 12.2. The second-order valence-electron chi connectivity index (χ2n) is 4.94. The minimum atomic E-state index is -0.141. The topological polar surface area (TPSA) is 55.8 Å². The van der Waals surface area contributed by atoms with Gasteiger partial charge in [0.15, 0.2) is 17.3 Å². The molecule has 0 unspecified atom stereocenters. The number of aromatic hydroxyl groups is 1. The molecule has 2 rings (SSSR count). The Morgan fingerprint density at radius 1 is 1.12 bits per heavy atom. The van der Waals surface area contributed by atoms with Crippen molar-refractivity contribution in [1.29, 1.82) is 0 Å². The van der Waals surface area contributed by atoms with Crippen molar-refractivity contribution in [2.24, 2.45) is 0 Å². The molecule has 0 radical (unpaired) electrons. The van der Waals surface area contributed by atoms with Gasteiger partial charge in [0.2, 0.25) is 0 Å². The molecule has 0 saturated heterocycles. The molecule has 0 bridgehead atoms. The second-order valence-corrected chi connectivity index (χ2v) is 5.79. The van der Waals surface area contributed by atoms with Crippen molar-refractivity contribution >= 4 is 27.8 Å². The predicted octanol–water partition coefficient (Wildman–Crippen LogP) is 4.85. The van der Waals surface area contributed by atoms with Gasteiger partial charge in [-0.1, -0.05) is 6.08 Å². The number of halogens is 1. The van der Waals surface area contributed by atoms with E-state index in [0.29, 0.717) is 30.3 Å². The number of ether oxygens (including phenoxy) is 2. The third-order valence-corrected chi connectivity index (χ3v) is 3.79. The molecule has 0 spiro atoms. The summed E-state index contributed by atoms with van der Waals surface area (Å²) in [7, 11) is 0. The van der Waals surface area contributed by atoms with Crippen molar-refractivity contribution in [2.45, 2.75) is 13.8 Å². The van der Waals surface area contributed by atoms with Gasteiger partial charge < -0.3 is 14.6 Å². The molecule has 0 amide bonds. The summed E-state index contributed by atoms with van der Waals surface area (Å²) in [5.41, 5.74) is 1.33. The van der Waals surface area contributed by atoms with E-state index in [1.807, 2.05) is 26.0 Å². The van der Waals surface area contributed by atoms with Gasteiger partial charge in [-0.25, -0.2) is 0 Å². The van der Waals surface area contributed by atoms with E-state index in [-0.39, 0.29) is 11.5 Å². The van der Waals surface area contributed by atoms with Crippen LogP contribution in [0.2, 0.25) is 0 Å². The fourth-order valence-electron chi connectivity index (χ4n) is 2.13. The molecule has 0 aromatic heterocycles. The first-order valence-electron chi connectivity index (χ1n) is 7.65. The van der Waals surface area contributed by atoms with E-state index >= 15 is 0 Å². The van der Waals surface area contributed by atoms with Gasteiger partial charge in [0, 0.05) is 5.56 Å². The third-order valence-electron chi connectivity index (χ3n) is 3.20. The molecule has 24 heavy (non-hydrogen) atoms.